The summed E-state index contributed by atoms with van der Waals surface area (Å²) < 4.78 is 5.54. The second kappa shape index (κ2) is 6.46. The van der Waals surface area contributed by atoms with Gasteiger partial charge < -0.3 is 15.4 Å². The second-order valence-electron chi connectivity index (χ2n) is 4.96. The molecule has 3 nitrogen and oxygen atoms in total. The molecule has 0 spiro atoms. The van der Waals surface area contributed by atoms with Gasteiger partial charge >= 0.3 is 0 Å². The van der Waals surface area contributed by atoms with Crippen molar-refractivity contribution in [3.8, 4) is 0 Å². The SMILES string of the molecule is Clc1cc([C@@H]2COCCN2)cc([C@H]2CNCCS2)c1. The lowest BCUT2D eigenvalue weighted by Gasteiger charge is -2.27. The highest BCUT2D eigenvalue weighted by molar-refractivity contribution is 7.99. The van der Waals surface area contributed by atoms with Gasteiger partial charge in [-0.1, -0.05) is 17.7 Å². The van der Waals surface area contributed by atoms with Crippen molar-refractivity contribution in [3.63, 3.8) is 0 Å². The molecule has 0 radical (unpaired) electrons. The summed E-state index contributed by atoms with van der Waals surface area (Å²) in [5, 5.41) is 8.27. The number of hydrogen-bond acceptors (Lipinski definition) is 4. The molecule has 2 N–H and O–H groups in total. The predicted octanol–water partition coefficient (Wildman–Crippen LogP) is 2.38. The molecule has 2 aliphatic rings. The maximum Gasteiger partial charge on any atom is 0.0662 e. The first-order valence-corrected chi connectivity index (χ1v) is 8.19. The van der Waals surface area contributed by atoms with Crippen molar-refractivity contribution >= 4 is 23.4 Å². The van der Waals surface area contributed by atoms with Crippen LogP contribution in [-0.4, -0.2) is 38.6 Å². The summed E-state index contributed by atoms with van der Waals surface area (Å²) in [5.41, 5.74) is 2.57. The van der Waals surface area contributed by atoms with Crippen molar-refractivity contribution in [2.45, 2.75) is 11.3 Å². The average molecular weight is 299 g/mol. The number of morpholine rings is 1. The van der Waals surface area contributed by atoms with Gasteiger partial charge in [-0.25, -0.2) is 0 Å². The fourth-order valence-corrected chi connectivity index (χ4v) is 3.94. The van der Waals surface area contributed by atoms with Gasteiger partial charge in [0.2, 0.25) is 0 Å². The number of benzene rings is 1. The average Bonchev–Trinajstić information content (AvgIpc) is 2.48. The van der Waals surface area contributed by atoms with Crippen molar-refractivity contribution in [2.75, 3.05) is 38.6 Å². The smallest absolute Gasteiger partial charge is 0.0662 e. The lowest BCUT2D eigenvalue weighted by molar-refractivity contribution is 0.0768. The quantitative estimate of drug-likeness (QED) is 0.878. The summed E-state index contributed by atoms with van der Waals surface area (Å²) in [6.07, 6.45) is 0. The molecule has 2 saturated heterocycles. The van der Waals surface area contributed by atoms with Gasteiger partial charge in [0.1, 0.15) is 0 Å². The molecule has 2 fully saturated rings. The Bertz CT molecular complexity index is 395. The van der Waals surface area contributed by atoms with Crippen LogP contribution in [0.5, 0.6) is 0 Å². The standard InChI is InChI=1S/C14H19ClN2OS/c15-12-6-10(13-9-18-3-1-17-13)5-11(7-12)14-8-16-2-4-19-14/h5-7,13-14,16-17H,1-4,8-9H2/t13-,14+/m0/s1. The van der Waals surface area contributed by atoms with Gasteiger partial charge in [0.05, 0.1) is 19.3 Å². The first-order valence-electron chi connectivity index (χ1n) is 6.77. The molecule has 5 heteroatoms. The summed E-state index contributed by atoms with van der Waals surface area (Å²) in [5.74, 6) is 1.16. The molecule has 2 heterocycles. The Labute approximate surface area is 123 Å². The Morgan fingerprint density at radius 3 is 2.84 bits per heavy atom. The third-order valence-corrected chi connectivity index (χ3v) is 5.07. The predicted molar refractivity (Wildman–Crippen MR) is 81.1 cm³/mol. The van der Waals surface area contributed by atoms with E-state index in [0.29, 0.717) is 5.25 Å². The molecule has 3 rings (SSSR count). The van der Waals surface area contributed by atoms with Crippen molar-refractivity contribution in [1.29, 1.82) is 0 Å². The molecule has 2 aliphatic heterocycles. The van der Waals surface area contributed by atoms with Crippen molar-refractivity contribution < 1.29 is 4.74 Å². The molecule has 0 aromatic heterocycles. The number of thioether (sulfide) groups is 1. The van der Waals surface area contributed by atoms with E-state index in [1.54, 1.807) is 0 Å². The van der Waals surface area contributed by atoms with Crippen LogP contribution in [-0.2, 0) is 4.74 Å². The molecule has 0 unspecified atom stereocenters. The number of halogens is 1. The number of nitrogens with one attached hydrogen (secondary N) is 2. The molecule has 19 heavy (non-hydrogen) atoms. The Hall–Kier alpha value is -0.260. The van der Waals surface area contributed by atoms with Crippen LogP contribution in [0.3, 0.4) is 0 Å². The molecular formula is C14H19ClN2OS. The minimum absolute atomic E-state index is 0.271. The van der Waals surface area contributed by atoms with E-state index in [1.807, 2.05) is 11.8 Å². The highest BCUT2D eigenvalue weighted by atomic mass is 35.5. The van der Waals surface area contributed by atoms with E-state index in [9.17, 15) is 0 Å². The zero-order chi connectivity index (χ0) is 13.1. The first-order chi connectivity index (χ1) is 9.33. The fraction of sp³-hybridized carbons (Fsp3) is 0.571. The van der Waals surface area contributed by atoms with Crippen LogP contribution in [0.2, 0.25) is 5.02 Å². The van der Waals surface area contributed by atoms with E-state index in [0.717, 1.165) is 43.6 Å². The Kier molecular flexibility index (Phi) is 4.66. The zero-order valence-electron chi connectivity index (χ0n) is 10.8. The van der Waals surface area contributed by atoms with Gasteiger partial charge in [-0.3, -0.25) is 0 Å². The van der Waals surface area contributed by atoms with Gasteiger partial charge in [0.25, 0.3) is 0 Å². The van der Waals surface area contributed by atoms with E-state index >= 15 is 0 Å². The fourth-order valence-electron chi connectivity index (χ4n) is 2.58. The Morgan fingerprint density at radius 1 is 1.21 bits per heavy atom. The molecular weight excluding hydrogens is 280 g/mol. The summed E-state index contributed by atoms with van der Waals surface area (Å²) in [6, 6.07) is 6.70. The third-order valence-electron chi connectivity index (χ3n) is 3.57. The summed E-state index contributed by atoms with van der Waals surface area (Å²) in [7, 11) is 0. The van der Waals surface area contributed by atoms with E-state index in [-0.39, 0.29) is 6.04 Å². The van der Waals surface area contributed by atoms with E-state index in [4.69, 9.17) is 16.3 Å². The second-order valence-corrected chi connectivity index (χ2v) is 6.71. The van der Waals surface area contributed by atoms with Crippen molar-refractivity contribution in [3.05, 3.63) is 34.3 Å². The molecule has 1 aromatic carbocycles. The maximum atomic E-state index is 6.29. The highest BCUT2D eigenvalue weighted by Gasteiger charge is 2.20. The van der Waals surface area contributed by atoms with Gasteiger partial charge in [-0.05, 0) is 23.3 Å². The van der Waals surface area contributed by atoms with Crippen LogP contribution in [0.15, 0.2) is 18.2 Å². The highest BCUT2D eigenvalue weighted by Crippen LogP contribution is 2.33. The number of hydrogen-bond donors (Lipinski definition) is 2. The van der Waals surface area contributed by atoms with Gasteiger partial charge in [-0.2, -0.15) is 11.8 Å². The van der Waals surface area contributed by atoms with Crippen LogP contribution >= 0.6 is 23.4 Å². The van der Waals surface area contributed by atoms with Gasteiger partial charge in [-0.15, -0.1) is 0 Å². The minimum Gasteiger partial charge on any atom is -0.378 e. The summed E-state index contributed by atoms with van der Waals surface area (Å²) in [6.45, 7) is 4.57. The van der Waals surface area contributed by atoms with Gasteiger partial charge in [0.15, 0.2) is 0 Å². The molecule has 2 atom stereocenters. The monoisotopic (exact) mass is 298 g/mol. The lowest BCUT2D eigenvalue weighted by Crippen LogP contribution is -2.34. The molecule has 0 saturated carbocycles. The first kappa shape index (κ1) is 13.7. The van der Waals surface area contributed by atoms with E-state index in [2.05, 4.69) is 28.8 Å². The molecule has 0 aliphatic carbocycles. The minimum atomic E-state index is 0.271. The van der Waals surface area contributed by atoms with E-state index in [1.165, 1.54) is 11.1 Å². The zero-order valence-corrected chi connectivity index (χ0v) is 12.4. The summed E-state index contributed by atoms with van der Waals surface area (Å²) >= 11 is 8.30. The molecule has 104 valence electrons. The Morgan fingerprint density at radius 2 is 2.11 bits per heavy atom. The van der Waals surface area contributed by atoms with Crippen LogP contribution in [0.25, 0.3) is 0 Å². The van der Waals surface area contributed by atoms with Crippen LogP contribution < -0.4 is 10.6 Å². The van der Waals surface area contributed by atoms with Crippen LogP contribution in [0, 0.1) is 0 Å². The third kappa shape index (κ3) is 3.44. The molecule has 1 aromatic rings. The van der Waals surface area contributed by atoms with Gasteiger partial charge in [0, 0.05) is 35.7 Å². The number of ether oxygens (including phenoxy) is 1. The van der Waals surface area contributed by atoms with Crippen LogP contribution in [0.4, 0.5) is 0 Å². The van der Waals surface area contributed by atoms with E-state index < -0.39 is 0 Å². The largest absolute Gasteiger partial charge is 0.378 e. The normalized spacial score (nSPS) is 28.3. The Balaban J connectivity index is 1.82. The molecule has 0 bridgehead atoms. The topological polar surface area (TPSA) is 33.3 Å². The van der Waals surface area contributed by atoms with Crippen LogP contribution in [0.1, 0.15) is 22.4 Å². The van der Waals surface area contributed by atoms with Crippen molar-refractivity contribution in [1.82, 2.24) is 10.6 Å². The number of rotatable bonds is 2. The lowest BCUT2D eigenvalue weighted by atomic mass is 10.0. The maximum absolute atomic E-state index is 6.29. The summed E-state index contributed by atoms with van der Waals surface area (Å²) in [4.78, 5) is 0. The van der Waals surface area contributed by atoms with Crippen molar-refractivity contribution in [2.24, 2.45) is 0 Å². The molecule has 0 amide bonds.